The second-order valence-corrected chi connectivity index (χ2v) is 6.53. The van der Waals surface area contributed by atoms with E-state index in [-0.39, 0.29) is 11.9 Å². The highest BCUT2D eigenvalue weighted by Crippen LogP contribution is 2.15. The summed E-state index contributed by atoms with van der Waals surface area (Å²) in [6, 6.07) is 5.64. The predicted octanol–water partition coefficient (Wildman–Crippen LogP) is 2.23. The van der Waals surface area contributed by atoms with Gasteiger partial charge in [-0.25, -0.2) is 0 Å². The number of carbonyl (C=O) groups is 1. The Labute approximate surface area is 147 Å². The second kappa shape index (κ2) is 7.77. The van der Waals surface area contributed by atoms with Gasteiger partial charge in [-0.15, -0.1) is 0 Å². The number of amides is 1. The van der Waals surface area contributed by atoms with E-state index in [0.717, 1.165) is 44.8 Å². The quantitative estimate of drug-likeness (QED) is 0.851. The summed E-state index contributed by atoms with van der Waals surface area (Å²) in [4.78, 5) is 21.4. The van der Waals surface area contributed by atoms with Crippen LogP contribution in [0.25, 0.3) is 0 Å². The van der Waals surface area contributed by atoms with Gasteiger partial charge < -0.3 is 4.90 Å². The molecule has 6 nitrogen and oxygen atoms in total. The van der Waals surface area contributed by atoms with Crippen LogP contribution in [0.1, 0.15) is 25.1 Å². The lowest BCUT2D eigenvalue weighted by Crippen LogP contribution is -2.39. The molecule has 0 aromatic carbocycles. The van der Waals surface area contributed by atoms with Gasteiger partial charge in [-0.05, 0) is 25.5 Å². The molecule has 3 heterocycles. The van der Waals surface area contributed by atoms with Crippen molar-refractivity contribution in [1.82, 2.24) is 24.6 Å². The van der Waals surface area contributed by atoms with Crippen LogP contribution in [0.2, 0.25) is 5.02 Å². The Hall–Kier alpha value is -1.92. The first-order valence-corrected chi connectivity index (χ1v) is 8.62. The molecule has 1 aliphatic heterocycles. The second-order valence-electron chi connectivity index (χ2n) is 6.09. The van der Waals surface area contributed by atoms with Crippen LogP contribution >= 0.6 is 11.6 Å². The fourth-order valence-electron chi connectivity index (χ4n) is 2.97. The number of hydrogen-bond donors (Lipinski definition) is 0. The first-order valence-electron chi connectivity index (χ1n) is 8.24. The maximum Gasteiger partial charge on any atom is 0.247 e. The zero-order chi connectivity index (χ0) is 16.9. The summed E-state index contributed by atoms with van der Waals surface area (Å²) in [5, 5.41) is 4.69. The van der Waals surface area contributed by atoms with Gasteiger partial charge in [0.25, 0.3) is 0 Å². The summed E-state index contributed by atoms with van der Waals surface area (Å²) in [5.41, 5.74) is 1.07. The molecule has 0 unspecified atom stereocenters. The van der Waals surface area contributed by atoms with E-state index in [4.69, 9.17) is 11.6 Å². The third-order valence-electron chi connectivity index (χ3n) is 4.34. The van der Waals surface area contributed by atoms with Crippen LogP contribution in [-0.4, -0.2) is 56.7 Å². The minimum Gasteiger partial charge on any atom is -0.340 e. The van der Waals surface area contributed by atoms with Gasteiger partial charge in [-0.1, -0.05) is 17.7 Å². The van der Waals surface area contributed by atoms with Crippen LogP contribution in [0.3, 0.4) is 0 Å². The Balaban J connectivity index is 1.57. The van der Waals surface area contributed by atoms with Crippen LogP contribution in [0, 0.1) is 0 Å². The van der Waals surface area contributed by atoms with Crippen molar-refractivity contribution in [3.05, 3.63) is 47.5 Å². The summed E-state index contributed by atoms with van der Waals surface area (Å²) in [5.74, 6) is 0.0921. The smallest absolute Gasteiger partial charge is 0.247 e. The van der Waals surface area contributed by atoms with Crippen LogP contribution in [-0.2, 0) is 11.3 Å². The maximum atomic E-state index is 12.7. The lowest BCUT2D eigenvalue weighted by Gasteiger charge is -2.24. The molecular formula is C17H22ClN5O. The zero-order valence-corrected chi connectivity index (χ0v) is 14.6. The maximum absolute atomic E-state index is 12.7. The average Bonchev–Trinajstić information content (AvgIpc) is 2.90. The van der Waals surface area contributed by atoms with Gasteiger partial charge >= 0.3 is 0 Å². The van der Waals surface area contributed by atoms with Crippen LogP contribution in [0.4, 0.5) is 0 Å². The largest absolute Gasteiger partial charge is 0.340 e. The fourth-order valence-corrected chi connectivity index (χ4v) is 3.12. The zero-order valence-electron chi connectivity index (χ0n) is 13.8. The number of pyridine rings is 1. The highest BCUT2D eigenvalue weighted by Gasteiger charge is 2.25. The normalized spacial score (nSPS) is 17.5. The summed E-state index contributed by atoms with van der Waals surface area (Å²) < 4.78 is 1.63. The van der Waals surface area contributed by atoms with Crippen molar-refractivity contribution in [1.29, 1.82) is 0 Å². The van der Waals surface area contributed by atoms with E-state index in [9.17, 15) is 4.79 Å². The molecule has 0 N–H and O–H groups in total. The van der Waals surface area contributed by atoms with Crippen LogP contribution in [0.15, 0.2) is 36.8 Å². The van der Waals surface area contributed by atoms with E-state index < -0.39 is 0 Å². The Morgan fingerprint density at radius 1 is 1.29 bits per heavy atom. The summed E-state index contributed by atoms with van der Waals surface area (Å²) in [6.45, 7) is 6.02. The molecular weight excluding hydrogens is 326 g/mol. The molecule has 0 bridgehead atoms. The highest BCUT2D eigenvalue weighted by molar-refractivity contribution is 6.30. The first kappa shape index (κ1) is 16.9. The molecule has 0 radical (unpaired) electrons. The van der Waals surface area contributed by atoms with Crippen molar-refractivity contribution in [2.45, 2.75) is 25.9 Å². The molecule has 1 saturated heterocycles. The molecule has 1 fully saturated rings. The fraction of sp³-hybridized carbons (Fsp3) is 0.471. The van der Waals surface area contributed by atoms with Gasteiger partial charge in [0.05, 0.1) is 16.9 Å². The Morgan fingerprint density at radius 3 is 2.88 bits per heavy atom. The third kappa shape index (κ3) is 4.13. The van der Waals surface area contributed by atoms with E-state index in [1.165, 1.54) is 0 Å². The van der Waals surface area contributed by atoms with Crippen LogP contribution in [0.5, 0.6) is 0 Å². The Kier molecular flexibility index (Phi) is 5.48. The number of rotatable bonds is 4. The minimum atomic E-state index is -0.333. The first-order chi connectivity index (χ1) is 11.6. The van der Waals surface area contributed by atoms with Crippen molar-refractivity contribution >= 4 is 17.5 Å². The predicted molar refractivity (Wildman–Crippen MR) is 92.7 cm³/mol. The molecule has 1 amide bonds. The summed E-state index contributed by atoms with van der Waals surface area (Å²) in [6.07, 6.45) is 6.03. The van der Waals surface area contributed by atoms with Gasteiger partial charge in [0.15, 0.2) is 0 Å². The van der Waals surface area contributed by atoms with Crippen molar-refractivity contribution < 1.29 is 4.79 Å². The number of halogens is 1. The number of aromatic nitrogens is 3. The summed E-state index contributed by atoms with van der Waals surface area (Å²) in [7, 11) is 0. The van der Waals surface area contributed by atoms with Crippen molar-refractivity contribution in [3.8, 4) is 0 Å². The van der Waals surface area contributed by atoms with E-state index in [1.807, 2.05) is 36.2 Å². The SMILES string of the molecule is C[C@@H](C(=O)N1CCCN(Cc2ccccn2)CC1)n1cc(Cl)cn1. The van der Waals surface area contributed by atoms with Gasteiger partial charge in [-0.2, -0.15) is 5.10 Å². The molecule has 0 saturated carbocycles. The third-order valence-corrected chi connectivity index (χ3v) is 4.53. The number of nitrogens with zero attached hydrogens (tertiary/aromatic N) is 5. The molecule has 2 aromatic rings. The molecule has 1 aliphatic rings. The number of carbonyl (C=O) groups excluding carboxylic acids is 1. The van der Waals surface area contributed by atoms with Crippen molar-refractivity contribution in [2.24, 2.45) is 0 Å². The van der Waals surface area contributed by atoms with Gasteiger partial charge in [0, 0.05) is 45.1 Å². The lowest BCUT2D eigenvalue weighted by atomic mass is 10.2. The molecule has 1 atom stereocenters. The molecule has 2 aromatic heterocycles. The highest BCUT2D eigenvalue weighted by atomic mass is 35.5. The molecule has 0 spiro atoms. The Bertz CT molecular complexity index is 675. The van der Waals surface area contributed by atoms with E-state index in [1.54, 1.807) is 17.1 Å². The summed E-state index contributed by atoms with van der Waals surface area (Å²) >= 11 is 5.90. The van der Waals surface area contributed by atoms with Gasteiger partial charge in [0.2, 0.25) is 5.91 Å². The van der Waals surface area contributed by atoms with Crippen LogP contribution < -0.4 is 0 Å². The number of hydrogen-bond acceptors (Lipinski definition) is 4. The molecule has 7 heteroatoms. The van der Waals surface area contributed by atoms with Crippen molar-refractivity contribution in [3.63, 3.8) is 0 Å². The molecule has 3 rings (SSSR count). The Morgan fingerprint density at radius 2 is 2.17 bits per heavy atom. The van der Waals surface area contributed by atoms with Gasteiger partial charge in [-0.3, -0.25) is 19.4 Å². The lowest BCUT2D eigenvalue weighted by molar-refractivity contribution is -0.134. The molecule has 24 heavy (non-hydrogen) atoms. The minimum absolute atomic E-state index is 0.0921. The standard InChI is InChI=1S/C17H22ClN5O/c1-14(23-12-15(18)11-20-23)17(24)22-8-4-7-21(9-10-22)13-16-5-2-3-6-19-16/h2-3,5-6,11-12,14H,4,7-10,13H2,1H3/t14-/m0/s1. The van der Waals surface area contributed by atoms with E-state index >= 15 is 0 Å². The van der Waals surface area contributed by atoms with Gasteiger partial charge in [0.1, 0.15) is 6.04 Å². The molecule has 0 aliphatic carbocycles. The van der Waals surface area contributed by atoms with E-state index in [2.05, 4.69) is 15.0 Å². The topological polar surface area (TPSA) is 54.3 Å². The monoisotopic (exact) mass is 347 g/mol. The van der Waals surface area contributed by atoms with Crippen molar-refractivity contribution in [2.75, 3.05) is 26.2 Å². The average molecular weight is 348 g/mol. The molecule has 128 valence electrons. The van der Waals surface area contributed by atoms with E-state index in [0.29, 0.717) is 5.02 Å².